The predicted molar refractivity (Wildman–Crippen MR) is 112 cm³/mol. The molecule has 0 amide bonds. The minimum atomic E-state index is -4.98. The number of hydrogen-bond acceptors (Lipinski definition) is 8. The molecule has 0 saturated carbocycles. The third-order valence-corrected chi connectivity index (χ3v) is 5.55. The lowest BCUT2D eigenvalue weighted by molar-refractivity contribution is -0.160. The maximum atomic E-state index is 11.6. The number of carboxylic acid groups (broad SMARTS) is 1. The molecule has 0 aliphatic carbocycles. The first kappa shape index (κ1) is 29.4. The Balaban J connectivity index is 3.86. The van der Waals surface area contributed by atoms with E-state index in [0.717, 1.165) is 51.4 Å². The number of rotatable bonds is 19. The van der Waals surface area contributed by atoms with Crippen LogP contribution in [0.2, 0.25) is 0 Å². The maximum Gasteiger partial charge on any atom is 0.335 e. The van der Waals surface area contributed by atoms with E-state index in [1.54, 1.807) is 0 Å². The molecule has 0 rings (SSSR count). The first-order valence-corrected chi connectivity index (χ1v) is 12.3. The molecule has 182 valence electrons. The van der Waals surface area contributed by atoms with E-state index < -0.39 is 39.7 Å². The predicted octanol–water partition coefficient (Wildman–Crippen LogP) is 3.09. The second-order valence-electron chi connectivity index (χ2n) is 7.10. The van der Waals surface area contributed by atoms with Crippen LogP contribution in [0.3, 0.4) is 0 Å². The molecule has 0 fully saturated rings. The summed E-state index contributed by atoms with van der Waals surface area (Å²) in [6, 6.07) is 0. The van der Waals surface area contributed by atoms with E-state index in [4.69, 9.17) is 19.1 Å². The first-order chi connectivity index (χ1) is 14.6. The lowest BCUT2D eigenvalue weighted by Crippen LogP contribution is -2.35. The Labute approximate surface area is 184 Å². The summed E-state index contributed by atoms with van der Waals surface area (Å²) < 4.78 is 46.4. The van der Waals surface area contributed by atoms with Crippen molar-refractivity contribution >= 4 is 28.0 Å². The van der Waals surface area contributed by atoms with E-state index in [-0.39, 0.29) is 12.7 Å². The normalized spacial score (nSPS) is 12.6. The second kappa shape index (κ2) is 17.0. The quantitative estimate of drug-likeness (QED) is 0.0950. The Morgan fingerprint density at radius 3 is 1.77 bits per heavy atom. The summed E-state index contributed by atoms with van der Waals surface area (Å²) in [4.78, 5) is 33.9. The zero-order chi connectivity index (χ0) is 23.7. The summed E-state index contributed by atoms with van der Waals surface area (Å²) >= 11 is 0. The molecule has 10 nitrogen and oxygen atoms in total. The first-order valence-electron chi connectivity index (χ1n) is 10.8. The minimum absolute atomic E-state index is 0.0900. The minimum Gasteiger partial charge on any atom is -0.481 e. The van der Waals surface area contributed by atoms with Gasteiger partial charge in [-0.1, -0.05) is 38.5 Å². The monoisotopic (exact) mass is 468 g/mol. The average molecular weight is 469 g/mol. The third kappa shape index (κ3) is 15.8. The zero-order valence-electron chi connectivity index (χ0n) is 18.4. The van der Waals surface area contributed by atoms with E-state index in [9.17, 15) is 22.8 Å². The molecule has 0 aromatic carbocycles. The van der Waals surface area contributed by atoms with Gasteiger partial charge in [0, 0.05) is 19.6 Å². The van der Waals surface area contributed by atoms with Crippen LogP contribution in [0.25, 0.3) is 0 Å². The number of esters is 2. The Kier molecular flexibility index (Phi) is 16.2. The molecule has 31 heavy (non-hydrogen) atoms. The fourth-order valence-electron chi connectivity index (χ4n) is 2.93. The lowest BCUT2D eigenvalue weighted by atomic mass is 10.1. The van der Waals surface area contributed by atoms with Gasteiger partial charge >= 0.3 is 17.9 Å². The molecule has 11 heteroatoms. The molecule has 0 heterocycles. The summed E-state index contributed by atoms with van der Waals surface area (Å²) in [5.41, 5.74) is 0. The molecule has 0 aliphatic heterocycles. The number of carbonyl (C=O) groups excluding carboxylic acids is 2. The molecule has 1 atom stereocenters. The van der Waals surface area contributed by atoms with Crippen LogP contribution in [-0.4, -0.2) is 60.7 Å². The maximum absolute atomic E-state index is 11.6. The standard InChI is InChI=1S/C20H36O10S/c1-3-28-19(29-4-2)14-12-10-8-6-5-7-9-11-13-18(23)30-20(24)16(15-17(21)22)31(25,26)27/h16,19H,3-15H2,1-2H3,(H,21,22)(H,25,26,27). The van der Waals surface area contributed by atoms with Gasteiger partial charge < -0.3 is 19.3 Å². The highest BCUT2D eigenvalue weighted by molar-refractivity contribution is 7.87. The van der Waals surface area contributed by atoms with Crippen molar-refractivity contribution < 1.29 is 46.7 Å². The molecule has 0 aromatic heterocycles. The van der Waals surface area contributed by atoms with Gasteiger partial charge in [-0.15, -0.1) is 0 Å². The number of carboxylic acids is 1. The number of carbonyl (C=O) groups is 3. The number of unbranched alkanes of at least 4 members (excludes halogenated alkanes) is 7. The lowest BCUT2D eigenvalue weighted by Gasteiger charge is -2.16. The van der Waals surface area contributed by atoms with Gasteiger partial charge in [0.05, 0.1) is 6.42 Å². The smallest absolute Gasteiger partial charge is 0.335 e. The van der Waals surface area contributed by atoms with Crippen molar-refractivity contribution in [1.29, 1.82) is 0 Å². The molecular formula is C20H36O10S. The molecule has 0 spiro atoms. The van der Waals surface area contributed by atoms with Gasteiger partial charge in [-0.05, 0) is 33.1 Å². The van der Waals surface area contributed by atoms with Gasteiger partial charge in [-0.2, -0.15) is 8.42 Å². The van der Waals surface area contributed by atoms with Crippen molar-refractivity contribution in [3.63, 3.8) is 0 Å². The summed E-state index contributed by atoms with van der Waals surface area (Å²) in [7, 11) is -4.98. The van der Waals surface area contributed by atoms with Crippen LogP contribution in [0.1, 0.15) is 84.5 Å². The highest BCUT2D eigenvalue weighted by Gasteiger charge is 2.36. The van der Waals surface area contributed by atoms with E-state index in [2.05, 4.69) is 4.74 Å². The zero-order valence-corrected chi connectivity index (χ0v) is 19.2. The van der Waals surface area contributed by atoms with Crippen molar-refractivity contribution in [3.05, 3.63) is 0 Å². The molecule has 0 bridgehead atoms. The van der Waals surface area contributed by atoms with Crippen LogP contribution in [0, 0.1) is 0 Å². The summed E-state index contributed by atoms with van der Waals surface area (Å²) in [5.74, 6) is -4.14. The number of hydrogen-bond donors (Lipinski definition) is 2. The largest absolute Gasteiger partial charge is 0.481 e. The van der Waals surface area contributed by atoms with E-state index in [1.807, 2.05) is 13.8 Å². The summed E-state index contributed by atoms with van der Waals surface area (Å²) in [6.07, 6.45) is 6.93. The van der Waals surface area contributed by atoms with Gasteiger partial charge in [0.25, 0.3) is 10.1 Å². The Morgan fingerprint density at radius 1 is 0.839 bits per heavy atom. The highest BCUT2D eigenvalue weighted by Crippen LogP contribution is 2.14. The Bertz CT molecular complexity index is 626. The van der Waals surface area contributed by atoms with Crippen molar-refractivity contribution in [2.24, 2.45) is 0 Å². The Morgan fingerprint density at radius 2 is 1.32 bits per heavy atom. The van der Waals surface area contributed by atoms with Gasteiger partial charge in [0.15, 0.2) is 11.5 Å². The van der Waals surface area contributed by atoms with Crippen molar-refractivity contribution in [2.45, 2.75) is 96.0 Å². The van der Waals surface area contributed by atoms with Crippen LogP contribution in [0.5, 0.6) is 0 Å². The second-order valence-corrected chi connectivity index (χ2v) is 8.70. The third-order valence-electron chi connectivity index (χ3n) is 4.47. The highest BCUT2D eigenvalue weighted by atomic mass is 32.2. The van der Waals surface area contributed by atoms with E-state index in [1.165, 1.54) is 0 Å². The fraction of sp³-hybridized carbons (Fsp3) is 0.850. The molecule has 0 saturated heterocycles. The van der Waals surface area contributed by atoms with Crippen molar-refractivity contribution in [2.75, 3.05) is 13.2 Å². The van der Waals surface area contributed by atoms with Crippen molar-refractivity contribution in [3.8, 4) is 0 Å². The topological polar surface area (TPSA) is 153 Å². The van der Waals surface area contributed by atoms with Crippen LogP contribution in [0.15, 0.2) is 0 Å². The van der Waals surface area contributed by atoms with Crippen LogP contribution in [0.4, 0.5) is 0 Å². The summed E-state index contributed by atoms with van der Waals surface area (Å²) in [6.45, 7) is 5.16. The molecule has 0 aliphatic rings. The molecule has 0 aromatic rings. The van der Waals surface area contributed by atoms with E-state index in [0.29, 0.717) is 19.6 Å². The van der Waals surface area contributed by atoms with Gasteiger partial charge in [0.1, 0.15) is 0 Å². The van der Waals surface area contributed by atoms with Gasteiger partial charge in [0.2, 0.25) is 0 Å². The molecule has 0 radical (unpaired) electrons. The van der Waals surface area contributed by atoms with Crippen molar-refractivity contribution in [1.82, 2.24) is 0 Å². The van der Waals surface area contributed by atoms with Crippen LogP contribution >= 0.6 is 0 Å². The molecule has 2 N–H and O–H groups in total. The van der Waals surface area contributed by atoms with Crippen LogP contribution < -0.4 is 0 Å². The number of aliphatic carboxylic acids is 1. The number of ether oxygens (including phenoxy) is 3. The van der Waals surface area contributed by atoms with Gasteiger partial charge in [-0.25, -0.2) is 0 Å². The van der Waals surface area contributed by atoms with Gasteiger partial charge in [-0.3, -0.25) is 18.9 Å². The summed E-state index contributed by atoms with van der Waals surface area (Å²) in [5, 5.41) is 6.30. The Hall–Kier alpha value is -1.56. The SMILES string of the molecule is CCOC(CCCCCCCCCCC(=O)OC(=O)C(CC(=O)O)S(=O)(=O)O)OCC. The van der Waals surface area contributed by atoms with Crippen LogP contribution in [-0.2, 0) is 38.7 Å². The molecular weight excluding hydrogens is 432 g/mol. The molecule has 1 unspecified atom stereocenters. The fourth-order valence-corrected chi connectivity index (χ4v) is 3.57. The van der Waals surface area contributed by atoms with E-state index >= 15 is 0 Å². The average Bonchev–Trinajstić information content (AvgIpc) is 2.66.